The van der Waals surface area contributed by atoms with E-state index in [9.17, 15) is 0 Å². The summed E-state index contributed by atoms with van der Waals surface area (Å²) >= 11 is 0. The van der Waals surface area contributed by atoms with Gasteiger partial charge in [0.2, 0.25) is 5.95 Å². The molecule has 0 spiro atoms. The number of fused-ring (bicyclic) bond motifs is 2. The summed E-state index contributed by atoms with van der Waals surface area (Å²) in [6, 6.07) is 1.18. The Balaban J connectivity index is 1.85. The second-order valence-corrected chi connectivity index (χ2v) is 4.56. The van der Waals surface area contributed by atoms with E-state index < -0.39 is 7.12 Å². The minimum Gasteiger partial charge on any atom is -0.423 e. The topological polar surface area (TPSA) is 69.5 Å². The van der Waals surface area contributed by atoms with Crippen LogP contribution in [-0.2, 0) is 0 Å². The van der Waals surface area contributed by atoms with Gasteiger partial charge in [0.25, 0.3) is 0 Å². The first-order valence-electron chi connectivity index (χ1n) is 5.72. The quantitative estimate of drug-likeness (QED) is 0.643. The summed E-state index contributed by atoms with van der Waals surface area (Å²) in [6.07, 6.45) is 7.92. The third-order valence-electron chi connectivity index (χ3n) is 3.64. The fraction of sp³-hybridized carbons (Fsp3) is 0.600. The Morgan fingerprint density at radius 3 is 2.00 bits per heavy atom. The van der Waals surface area contributed by atoms with Gasteiger partial charge in [-0.05, 0) is 25.7 Å². The van der Waals surface area contributed by atoms with E-state index in [0.29, 0.717) is 17.5 Å². The molecule has 1 aromatic heterocycles. The van der Waals surface area contributed by atoms with Gasteiger partial charge in [-0.25, -0.2) is 9.97 Å². The van der Waals surface area contributed by atoms with Crippen molar-refractivity contribution in [1.82, 2.24) is 9.97 Å². The molecule has 3 heterocycles. The number of hydrogen-bond acceptors (Lipinski definition) is 5. The maximum Gasteiger partial charge on any atom is 0.491 e. The molecule has 5 nitrogen and oxygen atoms in total. The Labute approximate surface area is 94.3 Å². The summed E-state index contributed by atoms with van der Waals surface area (Å²) in [6.45, 7) is 0. The molecule has 2 N–H and O–H groups in total. The van der Waals surface area contributed by atoms with Crippen LogP contribution in [0, 0.1) is 0 Å². The number of nitrogens with zero attached hydrogens (tertiary/aromatic N) is 3. The van der Waals surface area contributed by atoms with Crippen molar-refractivity contribution in [2.45, 2.75) is 37.8 Å². The molecule has 2 aliphatic heterocycles. The fourth-order valence-electron chi connectivity index (χ4n) is 2.84. The predicted octanol–water partition coefficient (Wildman–Crippen LogP) is -0.712. The molecule has 3 rings (SSSR count). The lowest BCUT2D eigenvalue weighted by Crippen LogP contribution is -2.34. The van der Waals surface area contributed by atoms with Crippen molar-refractivity contribution < 1.29 is 10.0 Å². The fourth-order valence-corrected chi connectivity index (χ4v) is 2.84. The Morgan fingerprint density at radius 1 is 1.06 bits per heavy atom. The SMILES string of the molecule is OB(O)c1cnc(N2C3CCC2CC3)nc1. The first kappa shape index (κ1) is 10.0. The van der Waals surface area contributed by atoms with E-state index in [2.05, 4.69) is 14.9 Å². The zero-order valence-corrected chi connectivity index (χ0v) is 8.95. The summed E-state index contributed by atoms with van der Waals surface area (Å²) in [7, 11) is -1.48. The third-order valence-corrected chi connectivity index (χ3v) is 3.64. The highest BCUT2D eigenvalue weighted by Crippen LogP contribution is 2.38. The molecule has 0 saturated carbocycles. The van der Waals surface area contributed by atoms with E-state index in [-0.39, 0.29) is 0 Å². The van der Waals surface area contributed by atoms with Gasteiger partial charge in [0.15, 0.2) is 0 Å². The number of hydrogen-bond donors (Lipinski definition) is 2. The van der Waals surface area contributed by atoms with Crippen LogP contribution in [0.5, 0.6) is 0 Å². The Morgan fingerprint density at radius 2 is 1.56 bits per heavy atom. The highest BCUT2D eigenvalue weighted by atomic mass is 16.4. The van der Waals surface area contributed by atoms with Crippen LogP contribution in [-0.4, -0.2) is 39.2 Å². The van der Waals surface area contributed by atoms with Crippen molar-refractivity contribution in [3.63, 3.8) is 0 Å². The van der Waals surface area contributed by atoms with Crippen LogP contribution in [0.2, 0.25) is 0 Å². The van der Waals surface area contributed by atoms with Gasteiger partial charge in [0.1, 0.15) is 0 Å². The molecule has 6 heteroatoms. The summed E-state index contributed by atoms with van der Waals surface area (Å²) in [5, 5.41) is 17.9. The lowest BCUT2D eigenvalue weighted by molar-refractivity contribution is 0.425. The predicted molar refractivity (Wildman–Crippen MR) is 60.4 cm³/mol. The van der Waals surface area contributed by atoms with Crippen LogP contribution in [0.15, 0.2) is 12.4 Å². The minimum absolute atomic E-state index is 0.343. The Hall–Kier alpha value is -1.14. The number of rotatable bonds is 2. The van der Waals surface area contributed by atoms with E-state index >= 15 is 0 Å². The average Bonchev–Trinajstić information content (AvgIpc) is 2.88. The highest BCUT2D eigenvalue weighted by molar-refractivity contribution is 6.58. The second kappa shape index (κ2) is 3.71. The molecule has 16 heavy (non-hydrogen) atoms. The Bertz CT molecular complexity index is 364. The molecule has 0 atom stereocenters. The molecule has 2 aliphatic rings. The molecule has 2 bridgehead atoms. The maximum atomic E-state index is 8.96. The van der Waals surface area contributed by atoms with Gasteiger partial charge in [-0.3, -0.25) is 0 Å². The molecule has 0 aliphatic carbocycles. The molecule has 0 radical (unpaired) electrons. The molecule has 0 aromatic carbocycles. The smallest absolute Gasteiger partial charge is 0.423 e. The molecule has 0 amide bonds. The maximum absolute atomic E-state index is 8.96. The van der Waals surface area contributed by atoms with Crippen molar-refractivity contribution in [2.24, 2.45) is 0 Å². The summed E-state index contributed by atoms with van der Waals surface area (Å²) in [5.74, 6) is 0.731. The van der Waals surface area contributed by atoms with E-state index in [1.807, 2.05) is 0 Å². The van der Waals surface area contributed by atoms with Crippen molar-refractivity contribution in [1.29, 1.82) is 0 Å². The lowest BCUT2D eigenvalue weighted by Gasteiger charge is -2.21. The number of aromatic nitrogens is 2. The van der Waals surface area contributed by atoms with Crippen LogP contribution in [0.1, 0.15) is 25.7 Å². The average molecular weight is 219 g/mol. The normalized spacial score (nSPS) is 27.5. The van der Waals surface area contributed by atoms with Crippen LogP contribution < -0.4 is 10.4 Å². The zero-order valence-electron chi connectivity index (χ0n) is 8.95. The van der Waals surface area contributed by atoms with Gasteiger partial charge in [0, 0.05) is 29.9 Å². The van der Waals surface area contributed by atoms with E-state index in [0.717, 1.165) is 5.95 Å². The van der Waals surface area contributed by atoms with Crippen molar-refractivity contribution in [2.75, 3.05) is 4.90 Å². The largest absolute Gasteiger partial charge is 0.491 e. The van der Waals surface area contributed by atoms with Crippen molar-refractivity contribution in [3.8, 4) is 0 Å². The molecule has 0 unspecified atom stereocenters. The lowest BCUT2D eigenvalue weighted by atomic mass is 9.83. The summed E-state index contributed by atoms with van der Waals surface area (Å²) < 4.78 is 0. The van der Waals surface area contributed by atoms with Crippen LogP contribution in [0.3, 0.4) is 0 Å². The number of anilines is 1. The van der Waals surface area contributed by atoms with Gasteiger partial charge in [-0.15, -0.1) is 0 Å². The molecule has 2 fully saturated rings. The third kappa shape index (κ3) is 1.49. The highest BCUT2D eigenvalue weighted by Gasteiger charge is 2.40. The molecular weight excluding hydrogens is 205 g/mol. The molecule has 2 saturated heterocycles. The van der Waals surface area contributed by atoms with E-state index in [1.165, 1.54) is 38.1 Å². The van der Waals surface area contributed by atoms with Crippen LogP contribution in [0.25, 0.3) is 0 Å². The van der Waals surface area contributed by atoms with E-state index in [1.54, 1.807) is 0 Å². The van der Waals surface area contributed by atoms with Crippen LogP contribution in [0.4, 0.5) is 5.95 Å². The first-order valence-corrected chi connectivity index (χ1v) is 5.72. The standard InChI is InChI=1S/C10H14BN3O2/c15-11(16)7-5-12-10(13-6-7)14-8-1-2-9(14)4-3-8/h5-6,8-9,15-16H,1-4H2. The van der Waals surface area contributed by atoms with Gasteiger partial charge in [-0.2, -0.15) is 0 Å². The molecule has 84 valence electrons. The monoisotopic (exact) mass is 219 g/mol. The summed E-state index contributed by atoms with van der Waals surface area (Å²) in [5.41, 5.74) is 0.343. The van der Waals surface area contributed by atoms with E-state index in [4.69, 9.17) is 10.0 Å². The Kier molecular flexibility index (Phi) is 2.33. The molecular formula is C10H14BN3O2. The van der Waals surface area contributed by atoms with Crippen molar-refractivity contribution in [3.05, 3.63) is 12.4 Å². The zero-order chi connectivity index (χ0) is 11.1. The van der Waals surface area contributed by atoms with Gasteiger partial charge >= 0.3 is 7.12 Å². The van der Waals surface area contributed by atoms with Gasteiger partial charge in [0.05, 0.1) is 0 Å². The van der Waals surface area contributed by atoms with Crippen molar-refractivity contribution >= 4 is 18.5 Å². The summed E-state index contributed by atoms with van der Waals surface area (Å²) in [4.78, 5) is 10.7. The minimum atomic E-state index is -1.48. The first-order chi connectivity index (χ1) is 7.75. The van der Waals surface area contributed by atoms with Gasteiger partial charge in [-0.1, -0.05) is 0 Å². The van der Waals surface area contributed by atoms with Gasteiger partial charge < -0.3 is 14.9 Å². The molecule has 1 aromatic rings. The second-order valence-electron chi connectivity index (χ2n) is 4.56. The van der Waals surface area contributed by atoms with Crippen LogP contribution >= 0.6 is 0 Å².